The van der Waals surface area contributed by atoms with Crippen molar-refractivity contribution in [2.45, 2.75) is 12.8 Å². The van der Waals surface area contributed by atoms with Crippen LogP contribution in [0.25, 0.3) is 0 Å². The van der Waals surface area contributed by atoms with Crippen molar-refractivity contribution in [2.24, 2.45) is 0 Å². The van der Waals surface area contributed by atoms with E-state index in [2.05, 4.69) is 15.5 Å². The van der Waals surface area contributed by atoms with Gasteiger partial charge in [-0.15, -0.1) is 10.2 Å². The van der Waals surface area contributed by atoms with Gasteiger partial charge in [-0.25, -0.2) is 0 Å². The first-order chi connectivity index (χ1) is 11.0. The molecule has 0 aliphatic rings. The van der Waals surface area contributed by atoms with E-state index in [1.54, 1.807) is 0 Å². The lowest BCUT2D eigenvalue weighted by molar-refractivity contribution is -0.385. The fourth-order valence-corrected chi connectivity index (χ4v) is 2.54. The average molecular weight is 337 g/mol. The number of nitro benzene ring substituents is 1. The second-order valence-electron chi connectivity index (χ2n) is 4.54. The van der Waals surface area contributed by atoms with E-state index in [0.717, 1.165) is 5.01 Å². The summed E-state index contributed by atoms with van der Waals surface area (Å²) in [5, 5.41) is 22.4. The van der Waals surface area contributed by atoms with Gasteiger partial charge in [0.25, 0.3) is 5.91 Å². The van der Waals surface area contributed by atoms with E-state index in [1.165, 1.54) is 36.6 Å². The van der Waals surface area contributed by atoms with Gasteiger partial charge in [-0.2, -0.15) is 0 Å². The maximum absolute atomic E-state index is 12.0. The summed E-state index contributed by atoms with van der Waals surface area (Å²) in [7, 11) is 1.34. The summed E-state index contributed by atoms with van der Waals surface area (Å²) in [6.45, 7) is 0.415. The smallest absolute Gasteiger partial charge is 0.311 e. The molecule has 0 fully saturated rings. The van der Waals surface area contributed by atoms with Crippen LogP contribution < -0.4 is 15.8 Å². The number of nitro groups is 1. The second-order valence-corrected chi connectivity index (χ2v) is 5.63. The molecular formula is C13H15N5O4S. The number of nitrogens with zero attached hydrogens (tertiary/aromatic N) is 3. The number of carbonyl (C=O) groups excluding carboxylic acids is 1. The summed E-state index contributed by atoms with van der Waals surface area (Å²) in [5.74, 6) is -0.270. The van der Waals surface area contributed by atoms with Gasteiger partial charge < -0.3 is 15.8 Å². The van der Waals surface area contributed by atoms with Crippen molar-refractivity contribution >= 4 is 28.1 Å². The molecule has 10 heteroatoms. The number of benzene rings is 1. The average Bonchev–Trinajstić information content (AvgIpc) is 2.96. The highest BCUT2D eigenvalue weighted by Gasteiger charge is 2.17. The topological polar surface area (TPSA) is 133 Å². The Morgan fingerprint density at radius 3 is 2.87 bits per heavy atom. The van der Waals surface area contributed by atoms with E-state index in [0.29, 0.717) is 24.5 Å². The third-order valence-corrected chi connectivity index (χ3v) is 3.79. The quantitative estimate of drug-likeness (QED) is 0.443. The van der Waals surface area contributed by atoms with E-state index in [1.807, 2.05) is 0 Å². The summed E-state index contributed by atoms with van der Waals surface area (Å²) in [6, 6.07) is 4.07. The van der Waals surface area contributed by atoms with Crippen LogP contribution in [0, 0.1) is 10.1 Å². The monoisotopic (exact) mass is 337 g/mol. The first kappa shape index (κ1) is 16.6. The van der Waals surface area contributed by atoms with Crippen molar-refractivity contribution < 1.29 is 14.5 Å². The second kappa shape index (κ2) is 7.49. The van der Waals surface area contributed by atoms with Crippen molar-refractivity contribution in [3.63, 3.8) is 0 Å². The summed E-state index contributed by atoms with van der Waals surface area (Å²) < 4.78 is 4.90. The highest BCUT2D eigenvalue weighted by molar-refractivity contribution is 7.15. The van der Waals surface area contributed by atoms with Gasteiger partial charge in [-0.1, -0.05) is 11.3 Å². The number of aromatic nitrogens is 2. The third-order valence-electron chi connectivity index (χ3n) is 2.97. The normalized spacial score (nSPS) is 10.3. The molecule has 2 aromatic rings. The van der Waals surface area contributed by atoms with Gasteiger partial charge in [0.2, 0.25) is 5.13 Å². The Balaban J connectivity index is 1.90. The van der Waals surface area contributed by atoms with Crippen LogP contribution in [-0.2, 0) is 6.42 Å². The number of nitrogens with one attached hydrogen (secondary N) is 1. The maximum atomic E-state index is 12.0. The fourth-order valence-electron chi connectivity index (χ4n) is 1.89. The van der Waals surface area contributed by atoms with E-state index in [4.69, 9.17) is 10.5 Å². The highest BCUT2D eigenvalue weighted by atomic mass is 32.1. The van der Waals surface area contributed by atoms with E-state index in [9.17, 15) is 14.9 Å². The number of rotatable bonds is 7. The Labute approximate surface area is 135 Å². The maximum Gasteiger partial charge on any atom is 0.311 e. The predicted octanol–water partition coefficient (Wildman–Crippen LogP) is 1.40. The number of hydrogen-bond donors (Lipinski definition) is 2. The zero-order chi connectivity index (χ0) is 16.8. The van der Waals surface area contributed by atoms with Crippen LogP contribution in [0.5, 0.6) is 5.75 Å². The highest BCUT2D eigenvalue weighted by Crippen LogP contribution is 2.27. The van der Waals surface area contributed by atoms with Gasteiger partial charge in [0, 0.05) is 24.6 Å². The Morgan fingerprint density at radius 1 is 1.48 bits per heavy atom. The van der Waals surface area contributed by atoms with Crippen molar-refractivity contribution in [1.29, 1.82) is 0 Å². The molecule has 0 spiro atoms. The number of anilines is 1. The Morgan fingerprint density at radius 2 is 2.26 bits per heavy atom. The molecule has 0 bridgehead atoms. The van der Waals surface area contributed by atoms with Gasteiger partial charge in [0.15, 0.2) is 5.75 Å². The molecule has 0 aliphatic heterocycles. The zero-order valence-corrected chi connectivity index (χ0v) is 13.1. The van der Waals surface area contributed by atoms with E-state index < -0.39 is 4.92 Å². The summed E-state index contributed by atoms with van der Waals surface area (Å²) in [4.78, 5) is 22.4. The van der Waals surface area contributed by atoms with Crippen LogP contribution in [0.2, 0.25) is 0 Å². The molecule has 0 radical (unpaired) electrons. The van der Waals surface area contributed by atoms with Crippen LogP contribution >= 0.6 is 11.3 Å². The number of nitrogen functional groups attached to an aromatic ring is 1. The number of ether oxygens (including phenoxy) is 1. The summed E-state index contributed by atoms with van der Waals surface area (Å²) in [6.07, 6.45) is 1.32. The minimum Gasteiger partial charge on any atom is -0.490 e. The van der Waals surface area contributed by atoms with Gasteiger partial charge in [-0.3, -0.25) is 14.9 Å². The molecule has 1 aromatic heterocycles. The Hall–Kier alpha value is -2.75. The predicted molar refractivity (Wildman–Crippen MR) is 84.6 cm³/mol. The minimum atomic E-state index is -0.588. The molecule has 0 saturated carbocycles. The first-order valence-corrected chi connectivity index (χ1v) is 7.51. The molecule has 23 heavy (non-hydrogen) atoms. The fraction of sp³-hybridized carbons (Fsp3) is 0.308. The number of aryl methyl sites for hydroxylation is 1. The van der Waals surface area contributed by atoms with Crippen molar-refractivity contribution in [2.75, 3.05) is 19.4 Å². The number of nitrogens with two attached hydrogens (primary N) is 1. The summed E-state index contributed by atoms with van der Waals surface area (Å²) >= 11 is 1.31. The lowest BCUT2D eigenvalue weighted by Crippen LogP contribution is -2.24. The lowest BCUT2D eigenvalue weighted by atomic mass is 10.1. The van der Waals surface area contributed by atoms with Crippen LogP contribution in [0.3, 0.4) is 0 Å². The van der Waals surface area contributed by atoms with Crippen molar-refractivity contribution in [3.8, 4) is 5.75 Å². The van der Waals surface area contributed by atoms with Crippen LogP contribution in [0.4, 0.5) is 10.8 Å². The molecule has 122 valence electrons. The molecule has 3 N–H and O–H groups in total. The number of amides is 1. The molecule has 1 heterocycles. The molecule has 0 saturated heterocycles. The van der Waals surface area contributed by atoms with Crippen LogP contribution in [0.15, 0.2) is 18.2 Å². The van der Waals surface area contributed by atoms with Crippen molar-refractivity contribution in [3.05, 3.63) is 38.9 Å². The molecule has 1 aromatic carbocycles. The van der Waals surface area contributed by atoms with E-state index >= 15 is 0 Å². The molecule has 0 atom stereocenters. The van der Waals surface area contributed by atoms with Gasteiger partial charge in [-0.05, 0) is 18.6 Å². The molecule has 0 aliphatic carbocycles. The number of carbonyl (C=O) groups is 1. The summed E-state index contributed by atoms with van der Waals surface area (Å²) in [5.41, 5.74) is 5.44. The Kier molecular flexibility index (Phi) is 5.41. The van der Waals surface area contributed by atoms with Gasteiger partial charge >= 0.3 is 5.69 Å². The van der Waals surface area contributed by atoms with Crippen molar-refractivity contribution in [1.82, 2.24) is 15.5 Å². The lowest BCUT2D eigenvalue weighted by Gasteiger charge is -2.06. The number of hydrogen-bond acceptors (Lipinski definition) is 8. The largest absolute Gasteiger partial charge is 0.490 e. The Bertz CT molecular complexity index is 718. The van der Waals surface area contributed by atoms with Crippen LogP contribution in [-0.4, -0.2) is 34.7 Å². The standard InChI is InChI=1S/C13H15N5O4S/c1-22-10-5-4-8(7-9(10)18(20)21)12(19)15-6-2-3-11-16-17-13(14)23-11/h4-5,7H,2-3,6H2,1H3,(H2,14,17)(H,15,19). The SMILES string of the molecule is COc1ccc(C(=O)NCCCc2nnc(N)s2)cc1[N+](=O)[O-]. The first-order valence-electron chi connectivity index (χ1n) is 6.69. The zero-order valence-electron chi connectivity index (χ0n) is 12.3. The van der Waals surface area contributed by atoms with Gasteiger partial charge in [0.05, 0.1) is 12.0 Å². The minimum absolute atomic E-state index is 0.111. The van der Waals surface area contributed by atoms with Crippen LogP contribution in [0.1, 0.15) is 21.8 Å². The van der Waals surface area contributed by atoms with Gasteiger partial charge in [0.1, 0.15) is 5.01 Å². The van der Waals surface area contributed by atoms with E-state index in [-0.39, 0.29) is 22.9 Å². The molecule has 1 amide bonds. The molecule has 2 rings (SSSR count). The number of methoxy groups -OCH3 is 1. The molecule has 0 unspecified atom stereocenters. The molecular weight excluding hydrogens is 322 g/mol. The third kappa shape index (κ3) is 4.36. The molecule has 9 nitrogen and oxygen atoms in total.